The zero-order valence-electron chi connectivity index (χ0n) is 11.8. The van der Waals surface area contributed by atoms with Gasteiger partial charge in [0.25, 0.3) is 0 Å². The number of rotatable bonds is 7. The molecule has 0 aliphatic heterocycles. The van der Waals surface area contributed by atoms with E-state index in [2.05, 4.69) is 5.32 Å². The Balaban J connectivity index is 2.02. The van der Waals surface area contributed by atoms with Gasteiger partial charge >= 0.3 is 5.97 Å². The van der Waals surface area contributed by atoms with Crippen molar-refractivity contribution in [3.8, 4) is 0 Å². The summed E-state index contributed by atoms with van der Waals surface area (Å²) >= 11 is 1.56. The lowest BCUT2D eigenvalue weighted by molar-refractivity contribution is -0.141. The van der Waals surface area contributed by atoms with E-state index in [9.17, 15) is 9.59 Å². The Morgan fingerprint density at radius 2 is 2.10 bits per heavy atom. The third-order valence-corrected chi connectivity index (χ3v) is 3.88. The number of amides is 1. The molecular weight excluding hydrogens is 288 g/mol. The van der Waals surface area contributed by atoms with Gasteiger partial charge in [-0.1, -0.05) is 18.2 Å². The van der Waals surface area contributed by atoms with E-state index in [1.54, 1.807) is 11.8 Å². The van der Waals surface area contributed by atoms with Crippen molar-refractivity contribution in [1.29, 1.82) is 0 Å². The predicted molar refractivity (Wildman–Crippen MR) is 84.5 cm³/mol. The average molecular weight is 306 g/mol. The summed E-state index contributed by atoms with van der Waals surface area (Å²) in [6, 6.07) is 8.87. The van der Waals surface area contributed by atoms with Gasteiger partial charge in [-0.2, -0.15) is 11.8 Å². The van der Waals surface area contributed by atoms with Gasteiger partial charge in [-0.3, -0.25) is 4.79 Å². The molecule has 2 aromatic rings. The Bertz CT molecular complexity index is 639. The number of carboxylic acid groups (broad SMARTS) is 1. The summed E-state index contributed by atoms with van der Waals surface area (Å²) in [6.45, 7) is 0.122. The molecule has 1 amide bonds. The second kappa shape index (κ2) is 7.17. The number of nitrogens with zero attached hydrogens (tertiary/aromatic N) is 1. The standard InChI is InChI=1S/C15H18N2O3S/c1-21-9-7-12(15(19)20)16-14(18)10-17-8-6-11-4-2-3-5-13(11)17/h2-6,8,12H,7,9-10H2,1H3,(H,16,18)(H,19,20)/t12-/m0/s1. The number of aromatic nitrogens is 1. The molecule has 0 unspecified atom stereocenters. The van der Waals surface area contributed by atoms with Gasteiger partial charge in [-0.25, -0.2) is 4.79 Å². The fourth-order valence-electron chi connectivity index (χ4n) is 2.17. The number of carboxylic acids is 1. The van der Waals surface area contributed by atoms with E-state index in [0.717, 1.165) is 10.9 Å². The lowest BCUT2D eigenvalue weighted by Gasteiger charge is -2.14. The molecule has 2 rings (SSSR count). The summed E-state index contributed by atoms with van der Waals surface area (Å²) < 4.78 is 1.82. The molecule has 1 atom stereocenters. The first-order chi connectivity index (χ1) is 10.1. The lowest BCUT2D eigenvalue weighted by atomic mass is 10.2. The summed E-state index contributed by atoms with van der Waals surface area (Å²) in [5, 5.41) is 12.8. The maximum Gasteiger partial charge on any atom is 0.326 e. The van der Waals surface area contributed by atoms with Crippen LogP contribution in [-0.4, -0.2) is 39.6 Å². The number of hydrogen-bond acceptors (Lipinski definition) is 3. The first kappa shape index (κ1) is 15.4. The van der Waals surface area contributed by atoms with Crippen LogP contribution in [0.25, 0.3) is 10.9 Å². The van der Waals surface area contributed by atoms with Crippen LogP contribution in [-0.2, 0) is 16.1 Å². The summed E-state index contributed by atoms with van der Waals surface area (Å²) in [5.74, 6) is -0.580. The number of fused-ring (bicyclic) bond motifs is 1. The Morgan fingerprint density at radius 3 is 2.81 bits per heavy atom. The second-order valence-corrected chi connectivity index (χ2v) is 5.73. The van der Waals surface area contributed by atoms with E-state index in [-0.39, 0.29) is 12.5 Å². The molecule has 5 nitrogen and oxygen atoms in total. The summed E-state index contributed by atoms with van der Waals surface area (Å²) in [5.41, 5.74) is 0.962. The SMILES string of the molecule is CSCC[C@H](NC(=O)Cn1ccc2ccccc21)C(=O)O. The minimum absolute atomic E-state index is 0.122. The van der Waals surface area contributed by atoms with Gasteiger partial charge in [0.1, 0.15) is 12.6 Å². The molecule has 0 bridgehead atoms. The van der Waals surface area contributed by atoms with Crippen LogP contribution in [0.4, 0.5) is 0 Å². The highest BCUT2D eigenvalue weighted by atomic mass is 32.2. The number of hydrogen-bond donors (Lipinski definition) is 2. The molecule has 1 aromatic heterocycles. The fraction of sp³-hybridized carbons (Fsp3) is 0.333. The van der Waals surface area contributed by atoms with Gasteiger partial charge in [-0.05, 0) is 35.9 Å². The number of nitrogens with one attached hydrogen (secondary N) is 1. The number of para-hydroxylation sites is 1. The van der Waals surface area contributed by atoms with Gasteiger partial charge < -0.3 is 15.0 Å². The number of aliphatic carboxylic acids is 1. The van der Waals surface area contributed by atoms with Gasteiger partial charge in [0.05, 0.1) is 0 Å². The van der Waals surface area contributed by atoms with Crippen molar-refractivity contribution in [2.24, 2.45) is 0 Å². The van der Waals surface area contributed by atoms with Crippen molar-refractivity contribution < 1.29 is 14.7 Å². The number of benzene rings is 1. The summed E-state index contributed by atoms with van der Waals surface area (Å²) in [6.07, 6.45) is 4.17. The molecule has 1 aromatic carbocycles. The van der Waals surface area contributed by atoms with Crippen molar-refractivity contribution in [2.45, 2.75) is 19.0 Å². The average Bonchev–Trinajstić information content (AvgIpc) is 2.86. The molecule has 6 heteroatoms. The molecule has 0 radical (unpaired) electrons. The molecule has 0 aliphatic rings. The largest absolute Gasteiger partial charge is 0.480 e. The van der Waals surface area contributed by atoms with Gasteiger partial charge in [-0.15, -0.1) is 0 Å². The van der Waals surface area contributed by atoms with Crippen molar-refractivity contribution in [3.05, 3.63) is 36.5 Å². The Labute approximate surface area is 127 Å². The van der Waals surface area contributed by atoms with Crippen LogP contribution < -0.4 is 5.32 Å². The smallest absolute Gasteiger partial charge is 0.326 e. The molecule has 0 saturated carbocycles. The Morgan fingerprint density at radius 1 is 1.33 bits per heavy atom. The normalized spacial score (nSPS) is 12.2. The van der Waals surface area contributed by atoms with E-state index < -0.39 is 12.0 Å². The van der Waals surface area contributed by atoms with Crippen molar-refractivity contribution >= 4 is 34.5 Å². The maximum atomic E-state index is 12.0. The van der Waals surface area contributed by atoms with E-state index in [4.69, 9.17) is 5.11 Å². The van der Waals surface area contributed by atoms with Crippen LogP contribution in [0.5, 0.6) is 0 Å². The quantitative estimate of drug-likeness (QED) is 0.820. The van der Waals surface area contributed by atoms with E-state index in [1.807, 2.05) is 47.4 Å². The molecule has 0 aliphatic carbocycles. The first-order valence-corrected chi connectivity index (χ1v) is 8.06. The van der Waals surface area contributed by atoms with Crippen LogP contribution in [0.15, 0.2) is 36.5 Å². The Hall–Kier alpha value is -1.95. The molecule has 0 spiro atoms. The molecule has 0 fully saturated rings. The van der Waals surface area contributed by atoms with Crippen LogP contribution in [0.2, 0.25) is 0 Å². The van der Waals surface area contributed by atoms with Crippen molar-refractivity contribution in [3.63, 3.8) is 0 Å². The lowest BCUT2D eigenvalue weighted by Crippen LogP contribution is -2.42. The number of carbonyl (C=O) groups is 2. The zero-order valence-corrected chi connectivity index (χ0v) is 12.6. The van der Waals surface area contributed by atoms with E-state index in [0.29, 0.717) is 12.2 Å². The first-order valence-electron chi connectivity index (χ1n) is 6.67. The highest BCUT2D eigenvalue weighted by molar-refractivity contribution is 7.98. The fourth-order valence-corrected chi connectivity index (χ4v) is 2.64. The van der Waals surface area contributed by atoms with E-state index in [1.165, 1.54) is 0 Å². The zero-order chi connectivity index (χ0) is 15.2. The topological polar surface area (TPSA) is 71.3 Å². The molecule has 2 N–H and O–H groups in total. The minimum atomic E-state index is -0.991. The third kappa shape index (κ3) is 4.01. The van der Waals surface area contributed by atoms with Gasteiger partial charge in [0.2, 0.25) is 5.91 Å². The predicted octanol–water partition coefficient (Wildman–Crippen LogP) is 1.96. The Kier molecular flexibility index (Phi) is 5.27. The van der Waals surface area contributed by atoms with Crippen LogP contribution in [0, 0.1) is 0 Å². The van der Waals surface area contributed by atoms with Crippen molar-refractivity contribution in [2.75, 3.05) is 12.0 Å². The van der Waals surface area contributed by atoms with Gasteiger partial charge in [0.15, 0.2) is 0 Å². The maximum absolute atomic E-state index is 12.0. The number of carbonyl (C=O) groups excluding carboxylic acids is 1. The summed E-state index contributed by atoms with van der Waals surface area (Å²) in [7, 11) is 0. The highest BCUT2D eigenvalue weighted by Crippen LogP contribution is 2.14. The highest BCUT2D eigenvalue weighted by Gasteiger charge is 2.19. The van der Waals surface area contributed by atoms with Crippen LogP contribution in [0.3, 0.4) is 0 Å². The second-order valence-electron chi connectivity index (χ2n) is 4.74. The van der Waals surface area contributed by atoms with Gasteiger partial charge in [0, 0.05) is 11.7 Å². The minimum Gasteiger partial charge on any atom is -0.480 e. The monoisotopic (exact) mass is 306 g/mol. The molecule has 112 valence electrons. The molecular formula is C15H18N2O3S. The van der Waals surface area contributed by atoms with Crippen molar-refractivity contribution in [1.82, 2.24) is 9.88 Å². The molecule has 0 saturated heterocycles. The summed E-state index contributed by atoms with van der Waals surface area (Å²) in [4.78, 5) is 23.2. The molecule has 1 heterocycles. The van der Waals surface area contributed by atoms with Crippen LogP contribution >= 0.6 is 11.8 Å². The third-order valence-electron chi connectivity index (χ3n) is 3.24. The van der Waals surface area contributed by atoms with E-state index >= 15 is 0 Å². The molecule has 21 heavy (non-hydrogen) atoms. The van der Waals surface area contributed by atoms with Crippen LogP contribution in [0.1, 0.15) is 6.42 Å². The number of thioether (sulfide) groups is 1.